The van der Waals surface area contributed by atoms with Crippen LogP contribution < -0.4 is 9.47 Å². The highest BCUT2D eigenvalue weighted by Gasteiger charge is 2.16. The van der Waals surface area contributed by atoms with E-state index in [2.05, 4.69) is 60.9 Å². The van der Waals surface area contributed by atoms with Gasteiger partial charge in [0.1, 0.15) is 0 Å². The van der Waals surface area contributed by atoms with E-state index in [1.165, 1.54) is 21.8 Å². The van der Waals surface area contributed by atoms with Crippen LogP contribution in [-0.2, 0) is 24.3 Å². The van der Waals surface area contributed by atoms with Crippen LogP contribution in [0.1, 0.15) is 50.7 Å². The Morgan fingerprint density at radius 3 is 2.33 bits per heavy atom. The number of hydrogen-bond donors (Lipinski definition) is 0. The number of ether oxygens (including phenoxy) is 2. The van der Waals surface area contributed by atoms with E-state index >= 15 is 0 Å². The minimum absolute atomic E-state index is 0.222. The number of para-hydroxylation sites is 1. The molecule has 4 rings (SSSR count). The second kappa shape index (κ2) is 12.0. The van der Waals surface area contributed by atoms with Gasteiger partial charge in [0.05, 0.1) is 14.2 Å². The molecule has 0 spiro atoms. The Morgan fingerprint density at radius 2 is 1.58 bits per heavy atom. The first kappa shape index (κ1) is 25.6. The molecule has 5 nitrogen and oxygen atoms in total. The van der Waals surface area contributed by atoms with Crippen LogP contribution in [0.3, 0.4) is 0 Å². The lowest BCUT2D eigenvalue weighted by atomic mass is 10.1. The quantitative estimate of drug-likeness (QED) is 0.203. The third kappa shape index (κ3) is 5.51. The number of methoxy groups -OCH3 is 2. The van der Waals surface area contributed by atoms with Crippen molar-refractivity contribution in [3.05, 3.63) is 71.8 Å². The maximum atomic E-state index is 13.3. The monoisotopic (exact) mass is 486 g/mol. The number of carbonyl (C=O) groups is 1. The number of aromatic nitrogens is 1. The first-order valence-electron chi connectivity index (χ1n) is 13.1. The number of fused-ring (bicyclic) bond motifs is 3. The lowest BCUT2D eigenvalue weighted by Crippen LogP contribution is -2.32. The number of rotatable bonds is 12. The standard InChI is InChI=1S/C31H38N2O3/c1-5-7-8-13-31(34)32(19-18-23-15-17-29(35-3)30(21-23)36-4)22-24-14-16-28-26(20-24)25-11-9-10-12-27(25)33(28)6-2/h9-12,14-17,20-21H,5-8,13,18-19,22H2,1-4H3. The summed E-state index contributed by atoms with van der Waals surface area (Å²) in [6, 6.07) is 21.2. The van der Waals surface area contributed by atoms with Gasteiger partial charge in [-0.05, 0) is 61.2 Å². The molecule has 1 heterocycles. The minimum atomic E-state index is 0.222. The van der Waals surface area contributed by atoms with Gasteiger partial charge in [0, 0.05) is 47.9 Å². The van der Waals surface area contributed by atoms with Gasteiger partial charge >= 0.3 is 0 Å². The molecule has 0 radical (unpaired) electrons. The van der Waals surface area contributed by atoms with Gasteiger partial charge in [-0.15, -0.1) is 0 Å². The Hall–Kier alpha value is -3.47. The molecule has 5 heteroatoms. The van der Waals surface area contributed by atoms with E-state index in [4.69, 9.17) is 9.47 Å². The Bertz CT molecular complexity index is 1320. The molecule has 3 aromatic carbocycles. The van der Waals surface area contributed by atoms with Gasteiger partial charge in [-0.2, -0.15) is 0 Å². The molecule has 190 valence electrons. The molecule has 0 bridgehead atoms. The summed E-state index contributed by atoms with van der Waals surface area (Å²) in [7, 11) is 3.29. The average Bonchev–Trinajstić information content (AvgIpc) is 3.23. The second-order valence-corrected chi connectivity index (χ2v) is 9.32. The van der Waals surface area contributed by atoms with Crippen molar-refractivity contribution >= 4 is 27.7 Å². The summed E-state index contributed by atoms with van der Waals surface area (Å²) >= 11 is 0. The van der Waals surface area contributed by atoms with E-state index < -0.39 is 0 Å². The fourth-order valence-electron chi connectivity index (χ4n) is 5.04. The highest BCUT2D eigenvalue weighted by atomic mass is 16.5. The van der Waals surface area contributed by atoms with E-state index in [0.29, 0.717) is 31.0 Å². The molecule has 0 saturated carbocycles. The van der Waals surface area contributed by atoms with Crippen molar-refractivity contribution in [2.45, 2.75) is 59.0 Å². The molecule has 1 aromatic heterocycles. The molecular weight excluding hydrogens is 448 g/mol. The predicted molar refractivity (Wildman–Crippen MR) is 148 cm³/mol. The predicted octanol–water partition coefficient (Wildman–Crippen LogP) is 6.98. The molecule has 36 heavy (non-hydrogen) atoms. The number of unbranched alkanes of at least 4 members (excludes halogenated alkanes) is 2. The van der Waals surface area contributed by atoms with Crippen LogP contribution >= 0.6 is 0 Å². The zero-order chi connectivity index (χ0) is 25.5. The van der Waals surface area contributed by atoms with Crippen molar-refractivity contribution in [1.29, 1.82) is 0 Å². The number of amides is 1. The second-order valence-electron chi connectivity index (χ2n) is 9.32. The van der Waals surface area contributed by atoms with Crippen LogP contribution in [-0.4, -0.2) is 36.1 Å². The Balaban J connectivity index is 1.59. The molecular formula is C31H38N2O3. The molecule has 0 atom stereocenters. The topological polar surface area (TPSA) is 43.7 Å². The molecule has 0 aliphatic carbocycles. The Labute approximate surface area is 214 Å². The molecule has 1 amide bonds. The molecule has 0 N–H and O–H groups in total. The summed E-state index contributed by atoms with van der Waals surface area (Å²) in [6.07, 6.45) is 4.48. The molecule has 0 saturated heterocycles. The fourth-order valence-corrected chi connectivity index (χ4v) is 5.04. The number of benzene rings is 3. The number of carbonyl (C=O) groups excluding carboxylic acids is 1. The van der Waals surface area contributed by atoms with E-state index in [0.717, 1.165) is 43.4 Å². The number of aryl methyl sites for hydroxylation is 1. The van der Waals surface area contributed by atoms with Gasteiger partial charge in [-0.1, -0.05) is 50.1 Å². The van der Waals surface area contributed by atoms with Crippen molar-refractivity contribution in [3.8, 4) is 11.5 Å². The third-order valence-corrected chi connectivity index (χ3v) is 6.99. The van der Waals surface area contributed by atoms with Gasteiger partial charge in [0.15, 0.2) is 11.5 Å². The van der Waals surface area contributed by atoms with Crippen molar-refractivity contribution < 1.29 is 14.3 Å². The van der Waals surface area contributed by atoms with Gasteiger partial charge in [-0.3, -0.25) is 4.79 Å². The van der Waals surface area contributed by atoms with Crippen LogP contribution in [0, 0.1) is 0 Å². The lowest BCUT2D eigenvalue weighted by Gasteiger charge is -2.23. The van der Waals surface area contributed by atoms with Crippen molar-refractivity contribution in [1.82, 2.24) is 9.47 Å². The van der Waals surface area contributed by atoms with Gasteiger partial charge in [-0.25, -0.2) is 0 Å². The summed E-state index contributed by atoms with van der Waals surface area (Å²) in [5.74, 6) is 1.65. The third-order valence-electron chi connectivity index (χ3n) is 6.99. The van der Waals surface area contributed by atoms with E-state index in [1.54, 1.807) is 14.2 Å². The Kier molecular flexibility index (Phi) is 8.52. The van der Waals surface area contributed by atoms with Gasteiger partial charge in [0.2, 0.25) is 5.91 Å². The zero-order valence-electron chi connectivity index (χ0n) is 22.0. The lowest BCUT2D eigenvalue weighted by molar-refractivity contribution is -0.131. The highest BCUT2D eigenvalue weighted by molar-refractivity contribution is 6.08. The summed E-state index contributed by atoms with van der Waals surface area (Å²) in [5.41, 5.74) is 4.79. The molecule has 0 aliphatic rings. The normalized spacial score (nSPS) is 11.2. The summed E-state index contributed by atoms with van der Waals surface area (Å²) < 4.78 is 13.2. The first-order chi connectivity index (χ1) is 17.6. The van der Waals surface area contributed by atoms with Crippen molar-refractivity contribution in [2.24, 2.45) is 0 Å². The van der Waals surface area contributed by atoms with Crippen LogP contribution in [0.25, 0.3) is 21.8 Å². The van der Waals surface area contributed by atoms with Crippen LogP contribution in [0.2, 0.25) is 0 Å². The molecule has 4 aromatic rings. The smallest absolute Gasteiger partial charge is 0.222 e. The summed E-state index contributed by atoms with van der Waals surface area (Å²) in [6.45, 7) is 6.55. The van der Waals surface area contributed by atoms with Crippen molar-refractivity contribution in [2.75, 3.05) is 20.8 Å². The largest absolute Gasteiger partial charge is 0.493 e. The van der Waals surface area contributed by atoms with Gasteiger partial charge < -0.3 is 18.9 Å². The first-order valence-corrected chi connectivity index (χ1v) is 13.1. The number of nitrogens with zero attached hydrogens (tertiary/aromatic N) is 2. The number of hydrogen-bond acceptors (Lipinski definition) is 3. The van der Waals surface area contributed by atoms with Crippen LogP contribution in [0.5, 0.6) is 11.5 Å². The average molecular weight is 487 g/mol. The van der Waals surface area contributed by atoms with Crippen molar-refractivity contribution in [3.63, 3.8) is 0 Å². The van der Waals surface area contributed by atoms with Crippen LogP contribution in [0.15, 0.2) is 60.7 Å². The van der Waals surface area contributed by atoms with E-state index in [9.17, 15) is 4.79 Å². The molecule has 0 aliphatic heterocycles. The minimum Gasteiger partial charge on any atom is -0.493 e. The highest BCUT2D eigenvalue weighted by Crippen LogP contribution is 2.31. The van der Waals surface area contributed by atoms with E-state index in [-0.39, 0.29) is 5.91 Å². The fraction of sp³-hybridized carbons (Fsp3) is 0.387. The zero-order valence-corrected chi connectivity index (χ0v) is 22.0. The Morgan fingerprint density at radius 1 is 0.833 bits per heavy atom. The summed E-state index contributed by atoms with van der Waals surface area (Å²) in [4.78, 5) is 15.3. The maximum absolute atomic E-state index is 13.3. The molecule has 0 fully saturated rings. The molecule has 0 unspecified atom stereocenters. The van der Waals surface area contributed by atoms with Gasteiger partial charge in [0.25, 0.3) is 0 Å². The van der Waals surface area contributed by atoms with Crippen LogP contribution in [0.4, 0.5) is 0 Å². The van der Waals surface area contributed by atoms with E-state index in [1.807, 2.05) is 23.1 Å². The maximum Gasteiger partial charge on any atom is 0.222 e. The summed E-state index contributed by atoms with van der Waals surface area (Å²) in [5, 5.41) is 2.52. The SMILES string of the molecule is CCCCCC(=O)N(CCc1ccc(OC)c(OC)c1)Cc1ccc2c(c1)c1ccccc1n2CC.